The van der Waals surface area contributed by atoms with Gasteiger partial charge in [-0.15, -0.1) is 22.7 Å². The van der Waals surface area contributed by atoms with Crippen LogP contribution in [0, 0.1) is 0 Å². The fourth-order valence-corrected chi connectivity index (χ4v) is 3.29. The summed E-state index contributed by atoms with van der Waals surface area (Å²) in [6.45, 7) is 0. The Balaban J connectivity index is 2.06. The molecule has 0 saturated heterocycles. The zero-order valence-electron chi connectivity index (χ0n) is 7.31. The summed E-state index contributed by atoms with van der Waals surface area (Å²) in [5.41, 5.74) is 7.91. The van der Waals surface area contributed by atoms with Crippen LogP contribution in [0.4, 0.5) is 0 Å². The van der Waals surface area contributed by atoms with Gasteiger partial charge in [0.1, 0.15) is 0 Å². The van der Waals surface area contributed by atoms with E-state index in [1.807, 2.05) is 11.7 Å². The number of nitrogens with zero attached hydrogens (tertiary/aromatic N) is 1. The minimum absolute atomic E-state index is 0.0896. The van der Waals surface area contributed by atoms with Crippen LogP contribution in [-0.2, 0) is 6.42 Å². The van der Waals surface area contributed by atoms with E-state index >= 15 is 0 Å². The summed E-state index contributed by atoms with van der Waals surface area (Å²) in [7, 11) is 0. The monoisotopic (exact) mass is 288 g/mol. The second-order valence-corrected chi connectivity index (χ2v) is 5.78. The van der Waals surface area contributed by atoms with Gasteiger partial charge in [-0.3, -0.25) is 4.98 Å². The maximum Gasteiger partial charge on any atom is 0.0794 e. The van der Waals surface area contributed by atoms with Crippen molar-refractivity contribution < 1.29 is 0 Å². The molecule has 1 unspecified atom stereocenters. The van der Waals surface area contributed by atoms with E-state index in [1.54, 1.807) is 22.7 Å². The first-order chi connectivity index (χ1) is 6.75. The van der Waals surface area contributed by atoms with Gasteiger partial charge < -0.3 is 5.73 Å². The van der Waals surface area contributed by atoms with Gasteiger partial charge in [0.05, 0.1) is 5.51 Å². The van der Waals surface area contributed by atoms with Crippen LogP contribution < -0.4 is 5.73 Å². The van der Waals surface area contributed by atoms with Crippen LogP contribution in [0.3, 0.4) is 0 Å². The SMILES string of the molecule is NC(Cc1cncs1)c1cc(Br)cs1. The average molecular weight is 289 g/mol. The Labute approximate surface area is 98.9 Å². The highest BCUT2D eigenvalue weighted by molar-refractivity contribution is 9.10. The molecule has 1 atom stereocenters. The van der Waals surface area contributed by atoms with Gasteiger partial charge in [0, 0.05) is 38.3 Å². The molecule has 0 aliphatic rings. The molecule has 0 radical (unpaired) electrons. The normalized spacial score (nSPS) is 13.0. The molecule has 5 heteroatoms. The Hall–Kier alpha value is -0.230. The van der Waals surface area contributed by atoms with E-state index < -0.39 is 0 Å². The molecule has 0 aliphatic heterocycles. The quantitative estimate of drug-likeness (QED) is 0.942. The van der Waals surface area contributed by atoms with E-state index in [0.717, 1.165) is 10.9 Å². The van der Waals surface area contributed by atoms with Crippen molar-refractivity contribution in [2.24, 2.45) is 5.73 Å². The molecule has 0 amide bonds. The third-order valence-electron chi connectivity index (χ3n) is 1.86. The lowest BCUT2D eigenvalue weighted by molar-refractivity contribution is 0.744. The maximum atomic E-state index is 6.07. The molecule has 0 saturated carbocycles. The van der Waals surface area contributed by atoms with Crippen molar-refractivity contribution in [3.63, 3.8) is 0 Å². The highest BCUT2D eigenvalue weighted by Gasteiger charge is 2.10. The second kappa shape index (κ2) is 4.53. The average Bonchev–Trinajstić information content (AvgIpc) is 2.75. The van der Waals surface area contributed by atoms with Gasteiger partial charge in [-0.2, -0.15) is 0 Å². The largest absolute Gasteiger partial charge is 0.323 e. The van der Waals surface area contributed by atoms with Crippen LogP contribution in [0.1, 0.15) is 15.8 Å². The lowest BCUT2D eigenvalue weighted by atomic mass is 10.2. The van der Waals surface area contributed by atoms with Crippen molar-refractivity contribution in [3.8, 4) is 0 Å². The van der Waals surface area contributed by atoms with Crippen molar-refractivity contribution >= 4 is 38.6 Å². The number of nitrogens with two attached hydrogens (primary N) is 1. The lowest BCUT2D eigenvalue weighted by Gasteiger charge is -2.06. The number of hydrogen-bond donors (Lipinski definition) is 1. The Bertz CT molecular complexity index is 397. The van der Waals surface area contributed by atoms with Gasteiger partial charge >= 0.3 is 0 Å². The van der Waals surface area contributed by atoms with E-state index in [9.17, 15) is 0 Å². The van der Waals surface area contributed by atoms with Crippen LogP contribution in [0.2, 0.25) is 0 Å². The number of halogens is 1. The summed E-state index contributed by atoms with van der Waals surface area (Å²) in [5.74, 6) is 0. The topological polar surface area (TPSA) is 38.9 Å². The Kier molecular flexibility index (Phi) is 3.33. The molecule has 74 valence electrons. The van der Waals surface area contributed by atoms with Crippen LogP contribution >= 0.6 is 38.6 Å². The Morgan fingerprint density at radius 3 is 2.93 bits per heavy atom. The molecule has 0 aliphatic carbocycles. The van der Waals surface area contributed by atoms with Crippen molar-refractivity contribution in [2.45, 2.75) is 12.5 Å². The molecule has 2 aromatic rings. The molecule has 0 aromatic carbocycles. The first kappa shape index (κ1) is 10.3. The summed E-state index contributed by atoms with van der Waals surface area (Å²) >= 11 is 6.77. The highest BCUT2D eigenvalue weighted by atomic mass is 79.9. The van der Waals surface area contributed by atoms with E-state index in [-0.39, 0.29) is 6.04 Å². The molecule has 2 N–H and O–H groups in total. The smallest absolute Gasteiger partial charge is 0.0794 e. The van der Waals surface area contributed by atoms with Crippen molar-refractivity contribution in [3.05, 3.63) is 37.4 Å². The molecule has 2 aromatic heterocycles. The summed E-state index contributed by atoms with van der Waals surface area (Å²) in [5, 5.41) is 2.06. The van der Waals surface area contributed by atoms with Gasteiger partial charge in [-0.1, -0.05) is 0 Å². The minimum Gasteiger partial charge on any atom is -0.323 e. The molecule has 0 fully saturated rings. The van der Waals surface area contributed by atoms with Gasteiger partial charge in [0.25, 0.3) is 0 Å². The predicted molar refractivity (Wildman–Crippen MR) is 64.8 cm³/mol. The van der Waals surface area contributed by atoms with E-state index in [0.29, 0.717) is 0 Å². The third-order valence-corrected chi connectivity index (χ3v) is 4.49. The summed E-state index contributed by atoms with van der Waals surface area (Å²) < 4.78 is 1.11. The number of hydrogen-bond acceptors (Lipinski definition) is 4. The van der Waals surface area contributed by atoms with Gasteiger partial charge in [0.15, 0.2) is 0 Å². The Morgan fingerprint density at radius 1 is 1.50 bits per heavy atom. The molecular formula is C9H9BrN2S2. The van der Waals surface area contributed by atoms with Crippen molar-refractivity contribution in [1.29, 1.82) is 0 Å². The number of rotatable bonds is 3. The van der Waals surface area contributed by atoms with Crippen LogP contribution in [0.5, 0.6) is 0 Å². The molecular weight excluding hydrogens is 280 g/mol. The first-order valence-electron chi connectivity index (χ1n) is 4.12. The van der Waals surface area contributed by atoms with E-state index in [2.05, 4.69) is 32.4 Å². The predicted octanol–water partition coefficient (Wildman–Crippen LogP) is 3.21. The van der Waals surface area contributed by atoms with Crippen molar-refractivity contribution in [2.75, 3.05) is 0 Å². The van der Waals surface area contributed by atoms with Crippen LogP contribution in [0.15, 0.2) is 27.6 Å². The number of thiophene rings is 1. The summed E-state index contributed by atoms with van der Waals surface area (Å²) in [6, 6.07) is 2.17. The molecule has 0 spiro atoms. The zero-order valence-corrected chi connectivity index (χ0v) is 10.5. The summed E-state index contributed by atoms with van der Waals surface area (Å²) in [6.07, 6.45) is 2.75. The van der Waals surface area contributed by atoms with Crippen molar-refractivity contribution in [1.82, 2.24) is 4.98 Å². The third kappa shape index (κ3) is 2.42. The first-order valence-corrected chi connectivity index (χ1v) is 6.68. The lowest BCUT2D eigenvalue weighted by Crippen LogP contribution is -2.10. The molecule has 14 heavy (non-hydrogen) atoms. The van der Waals surface area contributed by atoms with Crippen LogP contribution in [-0.4, -0.2) is 4.98 Å². The minimum atomic E-state index is 0.0896. The highest BCUT2D eigenvalue weighted by Crippen LogP contribution is 2.26. The van der Waals surface area contributed by atoms with Gasteiger partial charge in [0.2, 0.25) is 0 Å². The fourth-order valence-electron chi connectivity index (χ4n) is 1.18. The van der Waals surface area contributed by atoms with Gasteiger partial charge in [-0.05, 0) is 22.0 Å². The Morgan fingerprint density at radius 2 is 2.36 bits per heavy atom. The number of thiazole rings is 1. The summed E-state index contributed by atoms with van der Waals surface area (Å²) in [4.78, 5) is 6.48. The van der Waals surface area contributed by atoms with Crippen LogP contribution in [0.25, 0.3) is 0 Å². The maximum absolute atomic E-state index is 6.07. The molecule has 2 nitrogen and oxygen atoms in total. The molecule has 2 heterocycles. The standard InChI is InChI=1S/C9H9BrN2S2/c10-6-1-9(13-4-6)8(11)2-7-3-12-5-14-7/h1,3-5,8H,2,11H2. The second-order valence-electron chi connectivity index (χ2n) is 2.95. The molecule has 0 bridgehead atoms. The fraction of sp³-hybridized carbons (Fsp3) is 0.222. The van der Waals surface area contributed by atoms with E-state index in [4.69, 9.17) is 5.73 Å². The number of aromatic nitrogens is 1. The van der Waals surface area contributed by atoms with E-state index in [1.165, 1.54) is 9.75 Å². The zero-order chi connectivity index (χ0) is 9.97. The molecule has 2 rings (SSSR count). The van der Waals surface area contributed by atoms with Gasteiger partial charge in [-0.25, -0.2) is 0 Å².